The first-order chi connectivity index (χ1) is 12.7. The molecule has 0 aliphatic carbocycles. The van der Waals surface area contributed by atoms with Gasteiger partial charge >= 0.3 is 0 Å². The molecule has 0 amide bonds. The molecule has 5 nitrogen and oxygen atoms in total. The number of nitrogens with one attached hydrogen (secondary N) is 2. The van der Waals surface area contributed by atoms with Crippen molar-refractivity contribution < 1.29 is 9.84 Å². The third-order valence-electron chi connectivity index (χ3n) is 3.88. The Hall–Kier alpha value is -2.37. The van der Waals surface area contributed by atoms with Gasteiger partial charge in [0.05, 0.1) is 31.9 Å². The summed E-state index contributed by atoms with van der Waals surface area (Å²) in [6.07, 6.45) is -0.638. The fourth-order valence-electron chi connectivity index (χ4n) is 2.49. The summed E-state index contributed by atoms with van der Waals surface area (Å²) in [6.45, 7) is 5.89. The summed E-state index contributed by atoms with van der Waals surface area (Å²) in [5, 5.41) is 16.7. The molecule has 3 N–H and O–H groups in total. The molecule has 0 aromatic heterocycles. The zero-order chi connectivity index (χ0) is 18.6. The number of aliphatic hydroxyl groups is 1. The molecular formula is C21H29N3O2. The molecule has 0 saturated carbocycles. The average molecular weight is 355 g/mol. The topological polar surface area (TPSA) is 65.9 Å². The molecule has 2 rings (SSSR count). The number of guanidine groups is 1. The van der Waals surface area contributed by atoms with E-state index < -0.39 is 6.10 Å². The first kappa shape index (κ1) is 19.9. The third-order valence-corrected chi connectivity index (χ3v) is 3.88. The van der Waals surface area contributed by atoms with Gasteiger partial charge in [0, 0.05) is 6.54 Å². The van der Waals surface area contributed by atoms with Crippen molar-refractivity contribution in [3.05, 3.63) is 71.8 Å². The van der Waals surface area contributed by atoms with Crippen molar-refractivity contribution in [2.75, 3.05) is 19.7 Å². The second-order valence-corrected chi connectivity index (χ2v) is 6.15. The quantitative estimate of drug-likeness (QED) is 0.478. The van der Waals surface area contributed by atoms with E-state index in [0.29, 0.717) is 12.6 Å². The molecule has 0 aliphatic rings. The fourth-order valence-corrected chi connectivity index (χ4v) is 2.49. The summed E-state index contributed by atoms with van der Waals surface area (Å²) in [5.74, 6) is 0.686. The van der Waals surface area contributed by atoms with Crippen molar-refractivity contribution in [3.8, 4) is 0 Å². The molecule has 0 fully saturated rings. The molecule has 0 heterocycles. The Labute approximate surface area is 156 Å². The molecule has 0 spiro atoms. The normalized spacial score (nSPS) is 13.9. The zero-order valence-corrected chi connectivity index (χ0v) is 15.6. The van der Waals surface area contributed by atoms with Gasteiger partial charge in [-0.1, -0.05) is 60.7 Å². The van der Waals surface area contributed by atoms with Crippen molar-refractivity contribution in [3.63, 3.8) is 0 Å². The SMILES string of the molecule is CCNC(=NCC(O)COCc1ccccc1)NC(C)c1ccccc1. The fraction of sp³-hybridized carbons (Fsp3) is 0.381. The van der Waals surface area contributed by atoms with Crippen LogP contribution in [0.1, 0.15) is 31.0 Å². The highest BCUT2D eigenvalue weighted by atomic mass is 16.5. The van der Waals surface area contributed by atoms with Crippen LogP contribution in [0.15, 0.2) is 65.7 Å². The number of rotatable bonds is 9. The lowest BCUT2D eigenvalue weighted by molar-refractivity contribution is 0.0331. The Morgan fingerprint density at radius 3 is 2.38 bits per heavy atom. The van der Waals surface area contributed by atoms with E-state index in [0.717, 1.165) is 12.1 Å². The number of aliphatic hydroxyl groups excluding tert-OH is 1. The van der Waals surface area contributed by atoms with Gasteiger partial charge < -0.3 is 20.5 Å². The first-order valence-electron chi connectivity index (χ1n) is 9.08. The molecule has 0 radical (unpaired) electrons. The standard InChI is InChI=1S/C21H29N3O2/c1-3-22-21(24-17(2)19-12-8-5-9-13-19)23-14-20(25)16-26-15-18-10-6-4-7-11-18/h4-13,17,20,25H,3,14-16H2,1-2H3,(H2,22,23,24). The zero-order valence-electron chi connectivity index (χ0n) is 15.6. The smallest absolute Gasteiger partial charge is 0.191 e. The second-order valence-electron chi connectivity index (χ2n) is 6.15. The van der Waals surface area contributed by atoms with Crippen LogP contribution in [0.2, 0.25) is 0 Å². The lowest BCUT2D eigenvalue weighted by atomic mass is 10.1. The molecule has 2 atom stereocenters. The van der Waals surface area contributed by atoms with Crippen LogP contribution >= 0.6 is 0 Å². The Balaban J connectivity index is 1.79. The van der Waals surface area contributed by atoms with E-state index in [-0.39, 0.29) is 19.2 Å². The highest BCUT2D eigenvalue weighted by Crippen LogP contribution is 2.10. The minimum Gasteiger partial charge on any atom is -0.389 e. The predicted molar refractivity (Wildman–Crippen MR) is 106 cm³/mol. The predicted octanol–water partition coefficient (Wildman–Crippen LogP) is 2.88. The maximum atomic E-state index is 10.1. The molecule has 2 unspecified atom stereocenters. The average Bonchev–Trinajstić information content (AvgIpc) is 2.68. The van der Waals surface area contributed by atoms with Crippen molar-refractivity contribution in [1.29, 1.82) is 0 Å². The van der Waals surface area contributed by atoms with Crippen LogP contribution in [0, 0.1) is 0 Å². The lowest BCUT2D eigenvalue weighted by Gasteiger charge is -2.18. The molecule has 0 saturated heterocycles. The van der Waals surface area contributed by atoms with Crippen molar-refractivity contribution in [1.82, 2.24) is 10.6 Å². The molecule has 140 valence electrons. The molecular weight excluding hydrogens is 326 g/mol. The van der Waals surface area contributed by atoms with Gasteiger partial charge in [0.2, 0.25) is 0 Å². The monoisotopic (exact) mass is 355 g/mol. The largest absolute Gasteiger partial charge is 0.389 e. The van der Waals surface area contributed by atoms with E-state index in [1.807, 2.05) is 55.5 Å². The second kappa shape index (κ2) is 11.3. The Morgan fingerprint density at radius 2 is 1.73 bits per heavy atom. The van der Waals surface area contributed by atoms with Crippen LogP contribution in [0.3, 0.4) is 0 Å². The van der Waals surface area contributed by atoms with Crippen LogP contribution in [-0.2, 0) is 11.3 Å². The van der Waals surface area contributed by atoms with Crippen molar-refractivity contribution >= 4 is 5.96 Å². The van der Waals surface area contributed by atoms with E-state index in [1.165, 1.54) is 5.56 Å². The van der Waals surface area contributed by atoms with Gasteiger partial charge in [-0.25, -0.2) is 0 Å². The van der Waals surface area contributed by atoms with E-state index in [2.05, 4.69) is 34.7 Å². The van der Waals surface area contributed by atoms with Gasteiger partial charge in [-0.05, 0) is 25.0 Å². The minimum atomic E-state index is -0.638. The highest BCUT2D eigenvalue weighted by molar-refractivity contribution is 5.80. The van der Waals surface area contributed by atoms with Gasteiger partial charge in [0.1, 0.15) is 0 Å². The maximum absolute atomic E-state index is 10.1. The Morgan fingerprint density at radius 1 is 1.08 bits per heavy atom. The Kier molecular flexibility index (Phi) is 8.66. The summed E-state index contributed by atoms with van der Waals surface area (Å²) in [6, 6.07) is 20.2. The van der Waals surface area contributed by atoms with Gasteiger partial charge in [-0.3, -0.25) is 4.99 Å². The van der Waals surface area contributed by atoms with E-state index in [4.69, 9.17) is 4.74 Å². The van der Waals surface area contributed by atoms with Gasteiger partial charge in [-0.2, -0.15) is 0 Å². The highest BCUT2D eigenvalue weighted by Gasteiger charge is 2.09. The van der Waals surface area contributed by atoms with Gasteiger partial charge in [-0.15, -0.1) is 0 Å². The van der Waals surface area contributed by atoms with Crippen LogP contribution in [0.4, 0.5) is 0 Å². The van der Waals surface area contributed by atoms with Crippen molar-refractivity contribution in [2.45, 2.75) is 32.6 Å². The lowest BCUT2D eigenvalue weighted by Crippen LogP contribution is -2.39. The summed E-state index contributed by atoms with van der Waals surface area (Å²) in [4.78, 5) is 4.47. The summed E-state index contributed by atoms with van der Waals surface area (Å²) >= 11 is 0. The summed E-state index contributed by atoms with van der Waals surface area (Å²) < 4.78 is 5.56. The van der Waals surface area contributed by atoms with Crippen molar-refractivity contribution in [2.24, 2.45) is 4.99 Å². The number of hydrogen-bond donors (Lipinski definition) is 3. The van der Waals surface area contributed by atoms with Crippen LogP contribution < -0.4 is 10.6 Å². The third kappa shape index (κ3) is 7.25. The van der Waals surface area contributed by atoms with Gasteiger partial charge in [0.15, 0.2) is 5.96 Å². The van der Waals surface area contributed by atoms with Crippen LogP contribution in [0.25, 0.3) is 0 Å². The molecule has 5 heteroatoms. The van der Waals surface area contributed by atoms with E-state index in [1.54, 1.807) is 0 Å². The molecule has 0 bridgehead atoms. The number of aliphatic imine (C=N–C) groups is 1. The Bertz CT molecular complexity index is 647. The van der Waals surface area contributed by atoms with Crippen LogP contribution in [-0.4, -0.2) is 36.9 Å². The number of hydrogen-bond acceptors (Lipinski definition) is 3. The maximum Gasteiger partial charge on any atom is 0.191 e. The minimum absolute atomic E-state index is 0.125. The summed E-state index contributed by atoms with van der Waals surface area (Å²) in [5.41, 5.74) is 2.28. The molecule has 0 aliphatic heterocycles. The first-order valence-corrected chi connectivity index (χ1v) is 9.08. The molecule has 2 aromatic carbocycles. The van der Waals surface area contributed by atoms with E-state index in [9.17, 15) is 5.11 Å². The van der Waals surface area contributed by atoms with E-state index >= 15 is 0 Å². The molecule has 2 aromatic rings. The summed E-state index contributed by atoms with van der Waals surface area (Å²) in [7, 11) is 0. The number of benzene rings is 2. The van der Waals surface area contributed by atoms with Gasteiger partial charge in [0.25, 0.3) is 0 Å². The number of nitrogens with zero attached hydrogens (tertiary/aromatic N) is 1. The van der Waals surface area contributed by atoms with Crippen LogP contribution in [0.5, 0.6) is 0 Å². The number of ether oxygens (including phenoxy) is 1. The molecule has 26 heavy (non-hydrogen) atoms.